The molecule has 3 N–H and O–H groups in total. The van der Waals surface area contributed by atoms with Gasteiger partial charge < -0.3 is 11.1 Å². The molecule has 1 saturated carbocycles. The number of primary amides is 1. The summed E-state index contributed by atoms with van der Waals surface area (Å²) in [7, 11) is 0. The van der Waals surface area contributed by atoms with Crippen molar-refractivity contribution in [3.8, 4) is 11.1 Å². The summed E-state index contributed by atoms with van der Waals surface area (Å²) >= 11 is 0. The predicted octanol–water partition coefficient (Wildman–Crippen LogP) is 3.95. The molecule has 0 spiro atoms. The molecule has 1 aromatic carbocycles. The zero-order valence-electron chi connectivity index (χ0n) is 15.7. The molecule has 3 heterocycles. The van der Waals surface area contributed by atoms with Crippen molar-refractivity contribution in [1.82, 2.24) is 14.6 Å². The van der Waals surface area contributed by atoms with E-state index in [4.69, 9.17) is 5.73 Å². The number of pyridine rings is 1. The molecular weight excluding hydrogens is 369 g/mol. The first kappa shape index (κ1) is 17.6. The molecule has 0 saturated heterocycles. The monoisotopic (exact) mass is 389 g/mol. The van der Waals surface area contributed by atoms with Gasteiger partial charge in [-0.1, -0.05) is 12.1 Å². The Balaban J connectivity index is 1.63. The first-order valence-corrected chi connectivity index (χ1v) is 9.67. The van der Waals surface area contributed by atoms with Crippen LogP contribution in [0.15, 0.2) is 55.0 Å². The Labute approximate surface area is 166 Å². The molecule has 3 aromatic heterocycles. The minimum atomic E-state index is -0.939. The number of alkyl halides is 1. The molecule has 0 bridgehead atoms. The largest absolute Gasteiger partial charge is 0.377 e. The second kappa shape index (κ2) is 6.84. The molecule has 0 unspecified atom stereocenters. The van der Waals surface area contributed by atoms with E-state index in [9.17, 15) is 9.18 Å². The van der Waals surface area contributed by atoms with Gasteiger partial charge in [0.1, 0.15) is 6.17 Å². The maximum Gasteiger partial charge on any atom is 0.252 e. The highest BCUT2D eigenvalue weighted by Gasteiger charge is 2.29. The van der Waals surface area contributed by atoms with Gasteiger partial charge in [-0.15, -0.1) is 0 Å². The van der Waals surface area contributed by atoms with Gasteiger partial charge in [0.25, 0.3) is 5.91 Å². The number of rotatable bonds is 4. The molecule has 2 atom stereocenters. The zero-order chi connectivity index (χ0) is 20.0. The number of aromatic nitrogens is 3. The summed E-state index contributed by atoms with van der Waals surface area (Å²) in [5.41, 5.74) is 9.94. The van der Waals surface area contributed by atoms with E-state index in [2.05, 4.69) is 21.5 Å². The summed E-state index contributed by atoms with van der Waals surface area (Å²) in [5.74, 6) is -0.588. The maximum absolute atomic E-state index is 14.2. The number of hydrogen-bond acceptors (Lipinski definition) is 4. The van der Waals surface area contributed by atoms with Gasteiger partial charge in [0.2, 0.25) is 0 Å². The van der Waals surface area contributed by atoms with E-state index in [-0.39, 0.29) is 11.6 Å². The van der Waals surface area contributed by atoms with Crippen LogP contribution in [-0.4, -0.2) is 32.7 Å². The summed E-state index contributed by atoms with van der Waals surface area (Å²) in [5, 5.41) is 8.60. The molecule has 1 amide bonds. The van der Waals surface area contributed by atoms with Gasteiger partial charge >= 0.3 is 0 Å². The van der Waals surface area contributed by atoms with E-state index in [1.165, 1.54) is 6.20 Å². The Morgan fingerprint density at radius 1 is 1.21 bits per heavy atom. The third kappa shape index (κ3) is 3.08. The van der Waals surface area contributed by atoms with Gasteiger partial charge in [0.15, 0.2) is 0 Å². The Bertz CT molecular complexity index is 1230. The predicted molar refractivity (Wildman–Crippen MR) is 111 cm³/mol. The Kier molecular flexibility index (Phi) is 4.16. The average Bonchev–Trinajstić information content (AvgIpc) is 3.34. The van der Waals surface area contributed by atoms with Gasteiger partial charge in [-0.2, -0.15) is 5.10 Å². The number of carbonyl (C=O) groups excluding carboxylic acids is 1. The average molecular weight is 389 g/mol. The Morgan fingerprint density at radius 2 is 2.10 bits per heavy atom. The van der Waals surface area contributed by atoms with Crippen LogP contribution in [0, 0.1) is 0 Å². The number of hydrogen-bond donors (Lipinski definition) is 2. The van der Waals surface area contributed by atoms with Crippen LogP contribution in [0.3, 0.4) is 0 Å². The summed E-state index contributed by atoms with van der Waals surface area (Å²) < 4.78 is 15.9. The van der Waals surface area contributed by atoms with Crippen LogP contribution in [0.4, 0.5) is 10.1 Å². The maximum atomic E-state index is 14.2. The number of fused-ring (bicyclic) bond motifs is 2. The van der Waals surface area contributed by atoms with E-state index in [1.54, 1.807) is 10.7 Å². The van der Waals surface area contributed by atoms with E-state index < -0.39 is 12.1 Å². The molecule has 1 aliphatic rings. The molecule has 5 rings (SSSR count). The molecule has 1 aliphatic carbocycles. The van der Waals surface area contributed by atoms with Crippen molar-refractivity contribution in [2.45, 2.75) is 31.5 Å². The fourth-order valence-corrected chi connectivity index (χ4v) is 4.07. The van der Waals surface area contributed by atoms with Crippen molar-refractivity contribution in [3.05, 3.63) is 60.6 Å². The van der Waals surface area contributed by atoms with Gasteiger partial charge in [0.05, 0.1) is 34.5 Å². The van der Waals surface area contributed by atoms with E-state index in [0.717, 1.165) is 34.9 Å². The molecule has 7 heteroatoms. The Morgan fingerprint density at radius 3 is 2.90 bits per heavy atom. The highest BCUT2D eigenvalue weighted by atomic mass is 19.1. The fourth-order valence-electron chi connectivity index (χ4n) is 4.07. The zero-order valence-corrected chi connectivity index (χ0v) is 15.7. The van der Waals surface area contributed by atoms with Crippen LogP contribution in [0.5, 0.6) is 0 Å². The van der Waals surface area contributed by atoms with Gasteiger partial charge in [-0.3, -0.25) is 9.78 Å². The van der Waals surface area contributed by atoms with Crippen molar-refractivity contribution < 1.29 is 9.18 Å². The van der Waals surface area contributed by atoms with Crippen LogP contribution in [-0.2, 0) is 0 Å². The molecule has 146 valence electrons. The number of halogens is 1. The third-order valence-corrected chi connectivity index (χ3v) is 5.60. The fraction of sp³-hybridized carbons (Fsp3) is 0.227. The number of amides is 1. The van der Waals surface area contributed by atoms with Crippen LogP contribution in [0.1, 0.15) is 29.6 Å². The van der Waals surface area contributed by atoms with Gasteiger partial charge in [-0.25, -0.2) is 8.91 Å². The third-order valence-electron chi connectivity index (χ3n) is 5.60. The summed E-state index contributed by atoms with van der Waals surface area (Å²) in [6.07, 6.45) is 6.23. The normalized spacial score (nSPS) is 19.1. The van der Waals surface area contributed by atoms with Crippen molar-refractivity contribution in [2.24, 2.45) is 5.73 Å². The van der Waals surface area contributed by atoms with Crippen molar-refractivity contribution in [1.29, 1.82) is 0 Å². The molecule has 0 radical (unpaired) electrons. The van der Waals surface area contributed by atoms with Crippen molar-refractivity contribution in [2.75, 3.05) is 5.32 Å². The van der Waals surface area contributed by atoms with E-state index in [0.29, 0.717) is 17.6 Å². The highest BCUT2D eigenvalue weighted by molar-refractivity contribution is 6.02. The van der Waals surface area contributed by atoms with Crippen LogP contribution < -0.4 is 11.1 Å². The van der Waals surface area contributed by atoms with Crippen LogP contribution in [0.25, 0.3) is 27.5 Å². The quantitative estimate of drug-likeness (QED) is 0.553. The second-order valence-corrected chi connectivity index (χ2v) is 7.46. The van der Waals surface area contributed by atoms with Crippen molar-refractivity contribution in [3.63, 3.8) is 0 Å². The minimum Gasteiger partial charge on any atom is -0.377 e. The number of benzene rings is 1. The van der Waals surface area contributed by atoms with Crippen LogP contribution in [0.2, 0.25) is 0 Å². The number of nitrogens with two attached hydrogens (primary N) is 1. The molecule has 6 nitrogen and oxygen atoms in total. The summed E-state index contributed by atoms with van der Waals surface area (Å²) in [6, 6.07) is 11.6. The Hall–Kier alpha value is -3.48. The van der Waals surface area contributed by atoms with E-state index in [1.807, 2.05) is 36.5 Å². The molecule has 0 aliphatic heterocycles. The van der Waals surface area contributed by atoms with Crippen molar-refractivity contribution >= 4 is 28.0 Å². The molecular formula is C22H20FN5O. The SMILES string of the molecule is NC(=O)c1cnn2cc(-c3ccc4ncccc4c3)cc2c1N[C@@H]1CCC[C@@H]1F. The smallest absolute Gasteiger partial charge is 0.252 e. The van der Waals surface area contributed by atoms with Gasteiger partial charge in [0, 0.05) is 23.3 Å². The number of anilines is 1. The number of nitrogens with one attached hydrogen (secondary N) is 1. The molecule has 29 heavy (non-hydrogen) atoms. The molecule has 4 aromatic rings. The second-order valence-electron chi connectivity index (χ2n) is 7.46. The van der Waals surface area contributed by atoms with Gasteiger partial charge in [-0.05, 0) is 49.1 Å². The lowest BCUT2D eigenvalue weighted by Gasteiger charge is -2.19. The lowest BCUT2D eigenvalue weighted by molar-refractivity contribution is 0.100. The molecule has 1 fully saturated rings. The summed E-state index contributed by atoms with van der Waals surface area (Å²) in [4.78, 5) is 16.3. The van der Waals surface area contributed by atoms with Crippen LogP contribution >= 0.6 is 0 Å². The first-order valence-electron chi connectivity index (χ1n) is 9.67. The van der Waals surface area contributed by atoms with E-state index >= 15 is 0 Å². The standard InChI is InChI=1S/C22H20FN5O/c23-17-4-1-5-19(17)27-21-16(22(24)29)11-26-28-12-15(10-20(21)28)13-6-7-18-14(9-13)3-2-8-25-18/h2-3,6-12,17,19,27H,1,4-5H2,(H2,24,29)/t17-,19+/m0/s1. The minimum absolute atomic E-state index is 0.268. The number of carbonyl (C=O) groups is 1. The first-order chi connectivity index (χ1) is 14.1. The topological polar surface area (TPSA) is 85.3 Å². The lowest BCUT2D eigenvalue weighted by atomic mass is 10.1. The highest BCUT2D eigenvalue weighted by Crippen LogP contribution is 2.32. The number of nitrogens with zero attached hydrogens (tertiary/aromatic N) is 3. The summed E-state index contributed by atoms with van der Waals surface area (Å²) in [6.45, 7) is 0. The lowest BCUT2D eigenvalue weighted by Crippen LogP contribution is -2.27.